The number of aromatic hydroxyl groups is 1. The van der Waals surface area contributed by atoms with Gasteiger partial charge in [0, 0.05) is 0 Å². The van der Waals surface area contributed by atoms with Crippen LogP contribution in [0.25, 0.3) is 6.08 Å². The van der Waals surface area contributed by atoms with Gasteiger partial charge in [0.05, 0.1) is 12.2 Å². The van der Waals surface area contributed by atoms with Crippen molar-refractivity contribution in [2.45, 2.75) is 57.7 Å². The number of hydrogen-bond donors (Lipinski definition) is 2. The van der Waals surface area contributed by atoms with E-state index < -0.39 is 5.97 Å². The maximum absolute atomic E-state index is 12.3. The van der Waals surface area contributed by atoms with Crippen molar-refractivity contribution in [3.05, 3.63) is 35.4 Å². The molecule has 0 spiro atoms. The fourth-order valence-electron chi connectivity index (χ4n) is 2.69. The van der Waals surface area contributed by atoms with Gasteiger partial charge in [-0.25, -0.2) is 4.79 Å². The molecule has 2 N–H and O–H groups in total. The van der Waals surface area contributed by atoms with Crippen molar-refractivity contribution in [2.75, 3.05) is 0 Å². The fourth-order valence-corrected chi connectivity index (χ4v) is 2.69. The highest BCUT2D eigenvalue weighted by molar-refractivity contribution is 5.96. The summed E-state index contributed by atoms with van der Waals surface area (Å²) in [4.78, 5) is 12.3. The van der Waals surface area contributed by atoms with E-state index in [9.17, 15) is 15.0 Å². The van der Waals surface area contributed by atoms with Crippen LogP contribution in [-0.2, 0) is 4.74 Å². The normalized spacial score (nSPS) is 25.6. The van der Waals surface area contributed by atoms with Crippen LogP contribution in [0, 0.1) is 0 Å². The molecule has 0 fully saturated rings. The molecule has 0 aromatic heterocycles. The van der Waals surface area contributed by atoms with Gasteiger partial charge in [-0.2, -0.15) is 0 Å². The predicted molar refractivity (Wildman–Crippen MR) is 85.7 cm³/mol. The predicted octanol–water partition coefficient (Wildman–Crippen LogP) is 3.67. The Kier molecular flexibility index (Phi) is 6.01. The molecule has 0 saturated carbocycles. The summed E-state index contributed by atoms with van der Waals surface area (Å²) in [6.07, 6.45) is 8.06. The van der Waals surface area contributed by atoms with Gasteiger partial charge in [0.15, 0.2) is 0 Å². The number of aliphatic hydroxyl groups excluding tert-OH is 1. The first-order valence-electron chi connectivity index (χ1n) is 7.95. The second-order valence-electron chi connectivity index (χ2n) is 5.88. The number of carbonyl (C=O) groups is 1. The molecule has 1 heterocycles. The average Bonchev–Trinajstić information content (AvgIpc) is 2.46. The van der Waals surface area contributed by atoms with Crippen molar-refractivity contribution >= 4 is 12.0 Å². The zero-order chi connectivity index (χ0) is 15.9. The smallest absolute Gasteiger partial charge is 0.342 e. The molecule has 0 amide bonds. The highest BCUT2D eigenvalue weighted by Crippen LogP contribution is 2.25. The van der Waals surface area contributed by atoms with Crippen molar-refractivity contribution in [1.82, 2.24) is 0 Å². The summed E-state index contributed by atoms with van der Waals surface area (Å²) >= 11 is 0. The molecule has 4 nitrogen and oxygen atoms in total. The molecule has 0 saturated heterocycles. The Hall–Kier alpha value is -1.81. The van der Waals surface area contributed by atoms with Gasteiger partial charge in [0.1, 0.15) is 11.3 Å². The molecule has 1 aliphatic heterocycles. The second kappa shape index (κ2) is 7.99. The molecular formula is C18H24O4. The fraction of sp³-hybridized carbons (Fsp3) is 0.500. The number of aliphatic hydroxyl groups is 1. The van der Waals surface area contributed by atoms with Crippen LogP contribution in [0.4, 0.5) is 0 Å². The Labute approximate surface area is 131 Å². The molecule has 1 unspecified atom stereocenters. The highest BCUT2D eigenvalue weighted by atomic mass is 16.5. The number of cyclic esters (lactones) is 1. The summed E-state index contributed by atoms with van der Waals surface area (Å²) in [5, 5.41) is 19.9. The van der Waals surface area contributed by atoms with Crippen LogP contribution in [0.2, 0.25) is 0 Å². The Bertz CT molecular complexity index is 536. The summed E-state index contributed by atoms with van der Waals surface area (Å²) in [6, 6.07) is 5.00. The lowest BCUT2D eigenvalue weighted by Crippen LogP contribution is -2.17. The number of phenols is 1. The molecule has 1 aromatic rings. The standard InChI is InChI=1S/C18H24O4/c1-13-7-5-11-15(19)10-4-2-3-8-14-9-6-12-16(20)17(14)18(21)22-13/h3,6,8-9,12-13,15,19-20H,2,4-5,7,10-11H2,1H3/b8-3+/t13-,15?/m0/s1. The van der Waals surface area contributed by atoms with E-state index in [1.165, 1.54) is 6.07 Å². The Morgan fingerprint density at radius 2 is 1.95 bits per heavy atom. The zero-order valence-electron chi connectivity index (χ0n) is 13.0. The van der Waals surface area contributed by atoms with Crippen molar-refractivity contribution < 1.29 is 19.7 Å². The first kappa shape index (κ1) is 16.6. The maximum Gasteiger partial charge on any atom is 0.342 e. The van der Waals surface area contributed by atoms with Gasteiger partial charge >= 0.3 is 5.97 Å². The molecule has 1 aliphatic rings. The van der Waals surface area contributed by atoms with Gasteiger partial charge in [0.25, 0.3) is 0 Å². The van der Waals surface area contributed by atoms with Crippen LogP contribution in [0.5, 0.6) is 5.75 Å². The summed E-state index contributed by atoms with van der Waals surface area (Å²) < 4.78 is 5.42. The molecule has 4 heteroatoms. The van der Waals surface area contributed by atoms with Crippen LogP contribution in [0.15, 0.2) is 24.3 Å². The topological polar surface area (TPSA) is 66.8 Å². The molecule has 0 bridgehead atoms. The number of allylic oxidation sites excluding steroid dienone is 1. The van der Waals surface area contributed by atoms with Crippen LogP contribution < -0.4 is 0 Å². The van der Waals surface area contributed by atoms with E-state index >= 15 is 0 Å². The lowest BCUT2D eigenvalue weighted by atomic mass is 10.0. The Morgan fingerprint density at radius 1 is 1.18 bits per heavy atom. The third kappa shape index (κ3) is 4.60. The van der Waals surface area contributed by atoms with E-state index in [1.54, 1.807) is 12.1 Å². The highest BCUT2D eigenvalue weighted by Gasteiger charge is 2.19. The van der Waals surface area contributed by atoms with Crippen LogP contribution >= 0.6 is 0 Å². The first-order valence-corrected chi connectivity index (χ1v) is 7.95. The lowest BCUT2D eigenvalue weighted by Gasteiger charge is -2.16. The van der Waals surface area contributed by atoms with Crippen LogP contribution in [-0.4, -0.2) is 28.4 Å². The van der Waals surface area contributed by atoms with Gasteiger partial charge in [0.2, 0.25) is 0 Å². The van der Waals surface area contributed by atoms with E-state index in [2.05, 4.69) is 0 Å². The number of fused-ring (bicyclic) bond motifs is 1. The summed E-state index contributed by atoms with van der Waals surface area (Å²) in [6.45, 7) is 1.84. The summed E-state index contributed by atoms with van der Waals surface area (Å²) in [5.74, 6) is -0.551. The van der Waals surface area contributed by atoms with Crippen molar-refractivity contribution in [2.24, 2.45) is 0 Å². The number of carbonyl (C=O) groups excluding carboxylic acids is 1. The van der Waals surface area contributed by atoms with E-state index in [0.29, 0.717) is 12.0 Å². The second-order valence-corrected chi connectivity index (χ2v) is 5.88. The Balaban J connectivity index is 2.24. The third-order valence-electron chi connectivity index (χ3n) is 3.94. The number of phenolic OH excluding ortho intramolecular Hbond substituents is 1. The largest absolute Gasteiger partial charge is 0.507 e. The molecule has 0 aliphatic carbocycles. The monoisotopic (exact) mass is 304 g/mol. The maximum atomic E-state index is 12.3. The third-order valence-corrected chi connectivity index (χ3v) is 3.94. The molecular weight excluding hydrogens is 280 g/mol. The lowest BCUT2D eigenvalue weighted by molar-refractivity contribution is 0.0307. The minimum Gasteiger partial charge on any atom is -0.507 e. The van der Waals surface area contributed by atoms with Crippen molar-refractivity contribution in [1.29, 1.82) is 0 Å². The first-order chi connectivity index (χ1) is 10.6. The molecule has 22 heavy (non-hydrogen) atoms. The van der Waals surface area contributed by atoms with E-state index in [1.807, 2.05) is 19.1 Å². The number of esters is 1. The van der Waals surface area contributed by atoms with Crippen LogP contribution in [0.3, 0.4) is 0 Å². The van der Waals surface area contributed by atoms with Gasteiger partial charge in [-0.05, 0) is 57.1 Å². The van der Waals surface area contributed by atoms with Gasteiger partial charge in [-0.15, -0.1) is 0 Å². The Morgan fingerprint density at radius 3 is 2.77 bits per heavy atom. The average molecular weight is 304 g/mol. The molecule has 2 rings (SSSR count). The summed E-state index contributed by atoms with van der Waals surface area (Å²) in [5.41, 5.74) is 0.887. The zero-order valence-corrected chi connectivity index (χ0v) is 13.0. The molecule has 1 aromatic carbocycles. The molecule has 2 atom stereocenters. The minimum absolute atomic E-state index is 0.0538. The molecule has 0 radical (unpaired) electrons. The number of rotatable bonds is 0. The minimum atomic E-state index is -0.497. The van der Waals surface area contributed by atoms with Gasteiger partial charge in [-0.3, -0.25) is 0 Å². The molecule has 120 valence electrons. The van der Waals surface area contributed by atoms with Gasteiger partial charge < -0.3 is 14.9 Å². The van der Waals surface area contributed by atoms with E-state index in [-0.39, 0.29) is 23.5 Å². The van der Waals surface area contributed by atoms with E-state index in [4.69, 9.17) is 4.74 Å². The number of ether oxygens (including phenoxy) is 1. The number of hydrogen-bond acceptors (Lipinski definition) is 4. The SMILES string of the molecule is C[C@H]1CCCC(O)CCC/C=C/c2cccc(O)c2C(=O)O1. The van der Waals surface area contributed by atoms with Gasteiger partial charge in [-0.1, -0.05) is 24.3 Å². The quantitative estimate of drug-likeness (QED) is 0.718. The van der Waals surface area contributed by atoms with Crippen LogP contribution in [0.1, 0.15) is 61.4 Å². The van der Waals surface area contributed by atoms with E-state index in [0.717, 1.165) is 32.1 Å². The summed E-state index contributed by atoms with van der Waals surface area (Å²) in [7, 11) is 0. The van der Waals surface area contributed by atoms with Crippen molar-refractivity contribution in [3.8, 4) is 5.75 Å². The van der Waals surface area contributed by atoms with Crippen molar-refractivity contribution in [3.63, 3.8) is 0 Å². The number of benzene rings is 1.